The number of carbonyl (C=O) groups excluding carboxylic acids is 3. The van der Waals surface area contributed by atoms with Crippen molar-refractivity contribution in [2.45, 2.75) is 114 Å². The van der Waals surface area contributed by atoms with E-state index in [0.29, 0.717) is 42.7 Å². The normalized spacial score (nSPS) is 30.9. The molecular formula is C37H49N5O9S. The molecule has 7 atom stereocenters. The fourth-order valence-electron chi connectivity index (χ4n) is 7.46. The number of nitrogens with one attached hydrogen (secondary N) is 3. The number of benzene rings is 1. The van der Waals surface area contributed by atoms with Crippen molar-refractivity contribution in [2.24, 2.45) is 17.8 Å². The van der Waals surface area contributed by atoms with Gasteiger partial charge in [-0.1, -0.05) is 26.0 Å². The molecule has 1 aromatic carbocycles. The predicted octanol–water partition coefficient (Wildman–Crippen LogP) is 3.89. The SMILES string of the molecule is CC(C)Oc1ccc2c(O[C@@H]3C[C@H]4C(=O)N[C@]5(C(=O)NS(=O)(=O)C6(C)CC6)C[C@H]5/C=C\CC[C@@H](C)C[C@@H](C)[C@H](NC(=O)O)C(=O)N4C3)nccc2c1. The second-order valence-corrected chi connectivity index (χ2v) is 17.8. The molecule has 4 N–H and O–H groups in total. The lowest BCUT2D eigenvalue weighted by atomic mass is 9.88. The van der Waals surface area contributed by atoms with Crippen LogP contribution in [-0.2, 0) is 24.4 Å². The Morgan fingerprint density at radius 3 is 2.58 bits per heavy atom. The number of ether oxygens (including phenoxy) is 2. The average Bonchev–Trinajstić information content (AvgIpc) is 3.94. The van der Waals surface area contributed by atoms with Crippen molar-refractivity contribution in [1.29, 1.82) is 0 Å². The molecule has 282 valence electrons. The third kappa shape index (κ3) is 7.69. The first-order valence-electron chi connectivity index (χ1n) is 18.1. The third-order valence-electron chi connectivity index (χ3n) is 10.9. The van der Waals surface area contributed by atoms with Crippen LogP contribution in [0.25, 0.3) is 10.8 Å². The number of rotatable bonds is 8. The number of nitrogens with zero attached hydrogens (tertiary/aromatic N) is 2. The van der Waals surface area contributed by atoms with E-state index < -0.39 is 74.1 Å². The summed E-state index contributed by atoms with van der Waals surface area (Å²) in [7, 11) is -4.00. The van der Waals surface area contributed by atoms with Gasteiger partial charge in [0.05, 0.1) is 17.4 Å². The number of fused-ring (bicyclic) bond motifs is 3. The van der Waals surface area contributed by atoms with Gasteiger partial charge in [0, 0.05) is 23.9 Å². The molecular weight excluding hydrogens is 690 g/mol. The molecule has 1 aromatic heterocycles. The van der Waals surface area contributed by atoms with Crippen LogP contribution in [0.2, 0.25) is 0 Å². The van der Waals surface area contributed by atoms with E-state index in [1.54, 1.807) is 13.1 Å². The lowest BCUT2D eigenvalue weighted by Gasteiger charge is -2.32. The molecule has 0 spiro atoms. The van der Waals surface area contributed by atoms with E-state index in [-0.39, 0.29) is 31.4 Å². The van der Waals surface area contributed by atoms with Crippen molar-refractivity contribution in [3.63, 3.8) is 0 Å². The molecule has 4 amide bonds. The highest BCUT2D eigenvalue weighted by Gasteiger charge is 2.63. The van der Waals surface area contributed by atoms with Crippen LogP contribution in [0.4, 0.5) is 4.79 Å². The maximum Gasteiger partial charge on any atom is 0.405 e. The Labute approximate surface area is 304 Å². The van der Waals surface area contributed by atoms with Crippen LogP contribution in [0.1, 0.15) is 79.6 Å². The highest BCUT2D eigenvalue weighted by molar-refractivity contribution is 7.91. The highest BCUT2D eigenvalue weighted by Crippen LogP contribution is 2.47. The van der Waals surface area contributed by atoms with Gasteiger partial charge in [-0.15, -0.1) is 0 Å². The summed E-state index contributed by atoms with van der Waals surface area (Å²) in [4.78, 5) is 60.2. The standard InChI is InChI=1S/C37H49N5O9S/c1-21(2)50-26-10-11-28-24(17-26)12-15-38-32(28)51-27-18-29-31(43)40-37(34(45)41-52(48,49)36(5)13-14-36)19-25(37)9-7-6-8-22(3)16-23(4)30(39-35(46)47)33(44)42(29)20-27/h7,9-12,15,17,21-23,25,27,29-30,39H,6,8,13-14,16,18-20H2,1-5H3,(H,40,43)(H,41,45)(H,46,47)/b9-7-/t22-,23-,25-,27-,29+,30+,37-/m1/s1. The van der Waals surface area contributed by atoms with Crippen molar-refractivity contribution in [3.05, 3.63) is 42.6 Å². The van der Waals surface area contributed by atoms with Gasteiger partial charge in [0.25, 0.3) is 5.91 Å². The molecule has 6 rings (SSSR count). The number of hydrogen-bond acceptors (Lipinski definition) is 9. The van der Waals surface area contributed by atoms with Crippen LogP contribution >= 0.6 is 0 Å². The molecule has 2 aliphatic carbocycles. The highest BCUT2D eigenvalue weighted by atomic mass is 32.2. The molecule has 0 bridgehead atoms. The summed E-state index contributed by atoms with van der Waals surface area (Å²) in [5, 5.41) is 16.5. The number of carbonyl (C=O) groups is 4. The maximum atomic E-state index is 14.4. The number of carboxylic acid groups (broad SMARTS) is 1. The summed E-state index contributed by atoms with van der Waals surface area (Å²) >= 11 is 0. The van der Waals surface area contributed by atoms with Crippen molar-refractivity contribution in [3.8, 4) is 11.6 Å². The van der Waals surface area contributed by atoms with Crippen LogP contribution in [0.5, 0.6) is 11.6 Å². The third-order valence-corrected chi connectivity index (χ3v) is 13.0. The van der Waals surface area contributed by atoms with Crippen LogP contribution in [0, 0.1) is 17.8 Å². The number of aromatic nitrogens is 1. The maximum absolute atomic E-state index is 14.4. The Morgan fingerprint density at radius 1 is 1.13 bits per heavy atom. The monoisotopic (exact) mass is 739 g/mol. The fourth-order valence-corrected chi connectivity index (χ4v) is 8.77. The first-order valence-corrected chi connectivity index (χ1v) is 19.6. The quantitative estimate of drug-likeness (QED) is 0.289. The van der Waals surface area contributed by atoms with Gasteiger partial charge in [-0.3, -0.25) is 19.1 Å². The zero-order valence-corrected chi connectivity index (χ0v) is 31.1. The number of amides is 4. The molecule has 2 aromatic rings. The van der Waals surface area contributed by atoms with Crippen molar-refractivity contribution >= 4 is 44.6 Å². The second-order valence-electron chi connectivity index (χ2n) is 15.6. The summed E-state index contributed by atoms with van der Waals surface area (Å²) in [5.41, 5.74) is -1.54. The van der Waals surface area contributed by atoms with Crippen molar-refractivity contribution in [2.75, 3.05) is 6.54 Å². The Balaban J connectivity index is 1.32. The van der Waals surface area contributed by atoms with E-state index in [1.807, 2.05) is 64.1 Å². The Bertz CT molecular complexity index is 1880. The van der Waals surface area contributed by atoms with Crippen LogP contribution in [0.15, 0.2) is 42.6 Å². The van der Waals surface area contributed by atoms with Gasteiger partial charge in [-0.25, -0.2) is 18.2 Å². The fraction of sp³-hybridized carbons (Fsp3) is 0.595. The smallest absolute Gasteiger partial charge is 0.405 e. The number of allylic oxidation sites excluding steroid dienone is 1. The Morgan fingerprint density at radius 2 is 1.88 bits per heavy atom. The zero-order valence-electron chi connectivity index (χ0n) is 30.3. The molecule has 0 radical (unpaired) electrons. The summed E-state index contributed by atoms with van der Waals surface area (Å²) < 4.78 is 39.6. The number of sulfonamides is 1. The van der Waals surface area contributed by atoms with Crippen molar-refractivity contribution in [1.82, 2.24) is 25.2 Å². The summed E-state index contributed by atoms with van der Waals surface area (Å²) in [5.74, 6) is -1.83. The van der Waals surface area contributed by atoms with Gasteiger partial charge >= 0.3 is 6.09 Å². The molecule has 0 unspecified atom stereocenters. The molecule has 3 fully saturated rings. The van der Waals surface area contributed by atoms with Gasteiger partial charge in [-0.2, -0.15) is 0 Å². The van der Waals surface area contributed by atoms with E-state index in [4.69, 9.17) is 9.47 Å². The minimum Gasteiger partial charge on any atom is -0.491 e. The number of hydrogen-bond donors (Lipinski definition) is 4. The first kappa shape index (κ1) is 37.4. The van der Waals surface area contributed by atoms with Gasteiger partial charge < -0.3 is 30.1 Å². The molecule has 4 aliphatic rings. The van der Waals surface area contributed by atoms with E-state index in [2.05, 4.69) is 20.3 Å². The minimum absolute atomic E-state index is 0.0172. The van der Waals surface area contributed by atoms with E-state index in [1.165, 1.54) is 4.90 Å². The molecule has 14 nitrogen and oxygen atoms in total. The van der Waals surface area contributed by atoms with Crippen molar-refractivity contribution < 1.29 is 42.2 Å². The molecule has 2 saturated carbocycles. The van der Waals surface area contributed by atoms with Gasteiger partial charge in [0.1, 0.15) is 29.5 Å². The second kappa shape index (κ2) is 14.2. The zero-order chi connectivity index (χ0) is 37.6. The summed E-state index contributed by atoms with van der Waals surface area (Å²) in [6, 6.07) is 5.03. The summed E-state index contributed by atoms with van der Waals surface area (Å²) in [6.45, 7) is 9.23. The molecule has 52 heavy (non-hydrogen) atoms. The topological polar surface area (TPSA) is 193 Å². The summed E-state index contributed by atoms with van der Waals surface area (Å²) in [6.07, 6.45) is 6.27. The average molecular weight is 740 g/mol. The lowest BCUT2D eigenvalue weighted by Crippen LogP contribution is -2.59. The molecule has 3 heterocycles. The van der Waals surface area contributed by atoms with Crippen LogP contribution in [0.3, 0.4) is 0 Å². The van der Waals surface area contributed by atoms with E-state index >= 15 is 0 Å². The van der Waals surface area contributed by atoms with Crippen LogP contribution < -0.4 is 24.8 Å². The molecule has 15 heteroatoms. The minimum atomic E-state index is -4.00. The lowest BCUT2D eigenvalue weighted by molar-refractivity contribution is -0.142. The van der Waals surface area contributed by atoms with E-state index in [0.717, 1.165) is 11.8 Å². The molecule has 1 saturated heterocycles. The van der Waals surface area contributed by atoms with Gasteiger partial charge in [0.2, 0.25) is 27.7 Å². The van der Waals surface area contributed by atoms with Gasteiger partial charge in [0.15, 0.2) is 0 Å². The Kier molecular flexibility index (Phi) is 10.2. The van der Waals surface area contributed by atoms with Crippen LogP contribution in [-0.4, -0.2) is 88.3 Å². The molecule has 2 aliphatic heterocycles. The Hall–Kier alpha value is -4.40. The van der Waals surface area contributed by atoms with E-state index in [9.17, 15) is 32.7 Å². The predicted molar refractivity (Wildman–Crippen MR) is 192 cm³/mol. The largest absolute Gasteiger partial charge is 0.491 e. The first-order chi connectivity index (χ1) is 24.5. The van der Waals surface area contributed by atoms with Gasteiger partial charge in [-0.05, 0) is 101 Å². The number of pyridine rings is 1.